The van der Waals surface area contributed by atoms with Crippen molar-refractivity contribution in [1.82, 2.24) is 14.8 Å². The number of hydrogen-bond donors (Lipinski definition) is 1. The SMILES string of the molecule is Cc1ccc(-c2ccc(CCC(=O)NCCCN(C)C)n2-c2ccc(CC#N)cc2)c(C)c1. The van der Waals surface area contributed by atoms with E-state index in [0.29, 0.717) is 25.8 Å². The molecule has 172 valence electrons. The zero-order valence-corrected chi connectivity index (χ0v) is 20.2. The third-order valence-corrected chi connectivity index (χ3v) is 5.81. The first-order chi connectivity index (χ1) is 15.9. The topological polar surface area (TPSA) is 61.1 Å². The highest BCUT2D eigenvalue weighted by Crippen LogP contribution is 2.30. The standard InChI is InChI=1S/C28H34N4O/c1-21-6-13-26(22(2)20-21)27-14-11-25(12-15-28(33)30-18-5-19-31(3)4)32(27)24-9-7-23(8-10-24)16-17-29/h6-11,13-14,20H,5,12,15-16,18-19H2,1-4H3,(H,30,33). The maximum absolute atomic E-state index is 12.4. The Morgan fingerprint density at radius 2 is 1.82 bits per heavy atom. The third kappa shape index (κ3) is 6.57. The van der Waals surface area contributed by atoms with Gasteiger partial charge in [-0.25, -0.2) is 0 Å². The van der Waals surface area contributed by atoms with Crippen molar-refractivity contribution in [1.29, 1.82) is 5.26 Å². The molecule has 0 aliphatic carbocycles. The monoisotopic (exact) mass is 442 g/mol. The lowest BCUT2D eigenvalue weighted by Crippen LogP contribution is -2.27. The van der Waals surface area contributed by atoms with E-state index < -0.39 is 0 Å². The van der Waals surface area contributed by atoms with E-state index in [1.54, 1.807) is 0 Å². The van der Waals surface area contributed by atoms with Crippen LogP contribution in [0.3, 0.4) is 0 Å². The zero-order valence-electron chi connectivity index (χ0n) is 20.2. The number of nitrogens with zero attached hydrogens (tertiary/aromatic N) is 3. The van der Waals surface area contributed by atoms with E-state index in [2.05, 4.69) is 77.2 Å². The summed E-state index contributed by atoms with van der Waals surface area (Å²) in [6, 6.07) is 21.1. The van der Waals surface area contributed by atoms with Crippen LogP contribution in [0.4, 0.5) is 0 Å². The molecule has 2 aromatic carbocycles. The Morgan fingerprint density at radius 3 is 2.48 bits per heavy atom. The molecule has 1 aromatic heterocycles. The molecule has 0 fully saturated rings. The van der Waals surface area contributed by atoms with Crippen LogP contribution in [0.5, 0.6) is 0 Å². The molecule has 0 radical (unpaired) electrons. The molecule has 3 aromatic rings. The average molecular weight is 443 g/mol. The molecule has 33 heavy (non-hydrogen) atoms. The number of nitriles is 1. The molecule has 0 saturated carbocycles. The van der Waals surface area contributed by atoms with E-state index in [-0.39, 0.29) is 5.91 Å². The van der Waals surface area contributed by atoms with Gasteiger partial charge in [-0.05, 0) is 82.7 Å². The van der Waals surface area contributed by atoms with Crippen LogP contribution >= 0.6 is 0 Å². The van der Waals surface area contributed by atoms with Crippen LogP contribution in [0.2, 0.25) is 0 Å². The second kappa shape index (κ2) is 11.5. The van der Waals surface area contributed by atoms with Gasteiger partial charge in [0.1, 0.15) is 0 Å². The molecular formula is C28H34N4O. The maximum Gasteiger partial charge on any atom is 0.220 e. The maximum atomic E-state index is 12.4. The van der Waals surface area contributed by atoms with Gasteiger partial charge in [-0.3, -0.25) is 4.79 Å². The Hall–Kier alpha value is -3.36. The highest BCUT2D eigenvalue weighted by Gasteiger charge is 2.15. The number of carbonyl (C=O) groups excluding carboxylic acids is 1. The van der Waals surface area contributed by atoms with Crippen LogP contribution in [-0.4, -0.2) is 42.6 Å². The first kappa shape index (κ1) is 24.3. The Balaban J connectivity index is 1.85. The number of aromatic nitrogens is 1. The van der Waals surface area contributed by atoms with Crippen molar-refractivity contribution in [2.45, 2.75) is 39.5 Å². The van der Waals surface area contributed by atoms with Crippen LogP contribution in [-0.2, 0) is 17.6 Å². The lowest BCUT2D eigenvalue weighted by molar-refractivity contribution is -0.121. The first-order valence-electron chi connectivity index (χ1n) is 11.5. The Kier molecular flexibility index (Phi) is 8.46. The van der Waals surface area contributed by atoms with Crippen molar-refractivity contribution >= 4 is 5.91 Å². The molecular weight excluding hydrogens is 408 g/mol. The van der Waals surface area contributed by atoms with E-state index in [1.807, 2.05) is 26.2 Å². The van der Waals surface area contributed by atoms with Gasteiger partial charge in [-0.15, -0.1) is 0 Å². The highest BCUT2D eigenvalue weighted by atomic mass is 16.1. The smallest absolute Gasteiger partial charge is 0.220 e. The number of carbonyl (C=O) groups is 1. The third-order valence-electron chi connectivity index (χ3n) is 5.81. The molecule has 1 N–H and O–H groups in total. The largest absolute Gasteiger partial charge is 0.356 e. The minimum Gasteiger partial charge on any atom is -0.356 e. The normalized spacial score (nSPS) is 10.9. The number of hydrogen-bond acceptors (Lipinski definition) is 3. The Labute approximate surface area is 197 Å². The summed E-state index contributed by atoms with van der Waals surface area (Å²) in [4.78, 5) is 14.5. The number of amides is 1. The van der Waals surface area contributed by atoms with Gasteiger partial charge >= 0.3 is 0 Å². The van der Waals surface area contributed by atoms with Crippen molar-refractivity contribution in [3.05, 3.63) is 77.0 Å². The van der Waals surface area contributed by atoms with Crippen molar-refractivity contribution in [3.8, 4) is 23.0 Å². The van der Waals surface area contributed by atoms with Gasteiger partial charge in [0.15, 0.2) is 0 Å². The predicted octanol–water partition coefficient (Wildman–Crippen LogP) is 4.83. The van der Waals surface area contributed by atoms with E-state index in [1.165, 1.54) is 16.7 Å². The lowest BCUT2D eigenvalue weighted by Gasteiger charge is -2.16. The number of aryl methyl sites for hydroxylation is 3. The van der Waals surface area contributed by atoms with Gasteiger partial charge in [-0.1, -0.05) is 35.9 Å². The first-order valence-corrected chi connectivity index (χ1v) is 11.5. The van der Waals surface area contributed by atoms with Gasteiger partial charge in [0.25, 0.3) is 0 Å². The second-order valence-corrected chi connectivity index (χ2v) is 8.87. The Morgan fingerprint density at radius 1 is 1.06 bits per heavy atom. The molecule has 0 unspecified atom stereocenters. The molecule has 0 spiro atoms. The van der Waals surface area contributed by atoms with Crippen molar-refractivity contribution in [2.24, 2.45) is 0 Å². The van der Waals surface area contributed by atoms with Gasteiger partial charge in [0, 0.05) is 29.9 Å². The van der Waals surface area contributed by atoms with E-state index >= 15 is 0 Å². The van der Waals surface area contributed by atoms with Crippen LogP contribution in [0.1, 0.15) is 35.2 Å². The molecule has 0 aliphatic rings. The van der Waals surface area contributed by atoms with Crippen LogP contribution in [0, 0.1) is 25.2 Å². The Bertz CT molecular complexity index is 1120. The molecule has 0 atom stereocenters. The summed E-state index contributed by atoms with van der Waals surface area (Å²) in [5.41, 5.74) is 7.89. The summed E-state index contributed by atoms with van der Waals surface area (Å²) in [7, 11) is 4.08. The van der Waals surface area contributed by atoms with E-state index in [4.69, 9.17) is 5.26 Å². The summed E-state index contributed by atoms with van der Waals surface area (Å²) in [6.45, 7) is 5.90. The molecule has 0 aliphatic heterocycles. The number of benzene rings is 2. The van der Waals surface area contributed by atoms with Crippen LogP contribution < -0.4 is 5.32 Å². The molecule has 1 amide bonds. The molecule has 5 nitrogen and oxygen atoms in total. The minimum atomic E-state index is 0.0824. The summed E-state index contributed by atoms with van der Waals surface area (Å²) >= 11 is 0. The van der Waals surface area contributed by atoms with Crippen molar-refractivity contribution in [3.63, 3.8) is 0 Å². The average Bonchev–Trinajstić information content (AvgIpc) is 3.19. The molecule has 0 bridgehead atoms. The van der Waals surface area contributed by atoms with Crippen LogP contribution in [0.15, 0.2) is 54.6 Å². The summed E-state index contributed by atoms with van der Waals surface area (Å²) in [6.07, 6.45) is 2.45. The fourth-order valence-electron chi connectivity index (χ4n) is 4.10. The predicted molar refractivity (Wildman–Crippen MR) is 134 cm³/mol. The quantitative estimate of drug-likeness (QED) is 0.458. The minimum absolute atomic E-state index is 0.0824. The summed E-state index contributed by atoms with van der Waals surface area (Å²) in [5, 5.41) is 12.0. The molecule has 3 rings (SSSR count). The second-order valence-electron chi connectivity index (χ2n) is 8.87. The van der Waals surface area contributed by atoms with E-state index in [9.17, 15) is 4.79 Å². The zero-order chi connectivity index (χ0) is 23.8. The number of nitrogens with one attached hydrogen (secondary N) is 1. The summed E-state index contributed by atoms with van der Waals surface area (Å²) in [5.74, 6) is 0.0824. The fraction of sp³-hybridized carbons (Fsp3) is 0.357. The van der Waals surface area contributed by atoms with Gasteiger partial charge in [0.2, 0.25) is 5.91 Å². The van der Waals surface area contributed by atoms with E-state index in [0.717, 1.165) is 35.6 Å². The van der Waals surface area contributed by atoms with Gasteiger partial charge < -0.3 is 14.8 Å². The number of rotatable bonds is 10. The van der Waals surface area contributed by atoms with Gasteiger partial charge in [0.05, 0.1) is 18.2 Å². The molecule has 5 heteroatoms. The van der Waals surface area contributed by atoms with Crippen molar-refractivity contribution in [2.75, 3.05) is 27.2 Å². The summed E-state index contributed by atoms with van der Waals surface area (Å²) < 4.78 is 2.24. The molecule has 1 heterocycles. The fourth-order valence-corrected chi connectivity index (χ4v) is 4.10. The lowest BCUT2D eigenvalue weighted by atomic mass is 10.0. The van der Waals surface area contributed by atoms with Crippen LogP contribution in [0.25, 0.3) is 16.9 Å². The molecule has 0 saturated heterocycles. The van der Waals surface area contributed by atoms with Crippen molar-refractivity contribution < 1.29 is 4.79 Å². The van der Waals surface area contributed by atoms with Gasteiger partial charge in [-0.2, -0.15) is 5.26 Å². The highest BCUT2D eigenvalue weighted by molar-refractivity contribution is 5.76.